The third kappa shape index (κ3) is 5.16. The lowest BCUT2D eigenvalue weighted by atomic mass is 9.82. The number of halogens is 3. The summed E-state index contributed by atoms with van der Waals surface area (Å²) in [5.41, 5.74) is -0.767. The number of aromatic nitrogens is 1. The van der Waals surface area contributed by atoms with Gasteiger partial charge in [-0.2, -0.15) is 0 Å². The Morgan fingerprint density at radius 3 is 2.39 bits per heavy atom. The van der Waals surface area contributed by atoms with Gasteiger partial charge in [-0.15, -0.1) is 0 Å². The summed E-state index contributed by atoms with van der Waals surface area (Å²) < 4.78 is 71.4. The first-order valence-corrected chi connectivity index (χ1v) is 12.8. The molecular weight excluding hydrogens is 498 g/mol. The van der Waals surface area contributed by atoms with Crippen LogP contribution < -0.4 is 10.3 Å². The molecule has 0 aliphatic heterocycles. The maximum absolute atomic E-state index is 14.5. The minimum Gasteiger partial charge on any atom is -0.423 e. The number of rotatable bonds is 8. The van der Waals surface area contributed by atoms with Crippen LogP contribution in [-0.2, 0) is 19.8 Å². The molecule has 1 aromatic heterocycles. The highest BCUT2D eigenvalue weighted by molar-refractivity contribution is 7.52. The van der Waals surface area contributed by atoms with Crippen LogP contribution in [-0.4, -0.2) is 24.8 Å². The molecule has 7 nitrogen and oxygen atoms in total. The van der Waals surface area contributed by atoms with Crippen molar-refractivity contribution in [2.24, 2.45) is 0 Å². The Morgan fingerprint density at radius 1 is 1.03 bits per heavy atom. The van der Waals surface area contributed by atoms with Gasteiger partial charge in [0.2, 0.25) is 0 Å². The van der Waals surface area contributed by atoms with Gasteiger partial charge >= 0.3 is 13.6 Å². The highest BCUT2D eigenvalue weighted by Crippen LogP contribution is 2.49. The van der Waals surface area contributed by atoms with E-state index in [1.807, 2.05) is 0 Å². The third-order valence-corrected chi connectivity index (χ3v) is 7.99. The number of hydrogen-bond donors (Lipinski definition) is 0. The Labute approximate surface area is 205 Å². The van der Waals surface area contributed by atoms with Gasteiger partial charge in [0.1, 0.15) is 11.6 Å². The summed E-state index contributed by atoms with van der Waals surface area (Å²) >= 11 is 0. The van der Waals surface area contributed by atoms with Crippen LogP contribution in [0, 0.1) is 17.5 Å². The molecule has 190 valence electrons. The SMILES string of the molecule is COP(=O)(Cc1ccc(F)c(C(=O)Oc2cc(C3CCC3)n(-c3cccc(F)c3F)c(=O)c2)c1)OC. The van der Waals surface area contributed by atoms with Gasteiger partial charge < -0.3 is 13.8 Å². The molecule has 1 heterocycles. The van der Waals surface area contributed by atoms with Gasteiger partial charge in [-0.25, -0.2) is 18.0 Å². The number of benzene rings is 2. The highest BCUT2D eigenvalue weighted by Gasteiger charge is 2.27. The van der Waals surface area contributed by atoms with Crippen molar-refractivity contribution in [1.29, 1.82) is 0 Å². The molecule has 0 radical (unpaired) electrons. The zero-order valence-corrected chi connectivity index (χ0v) is 20.4. The van der Waals surface area contributed by atoms with Crippen LogP contribution in [0.15, 0.2) is 53.3 Å². The van der Waals surface area contributed by atoms with Crippen molar-refractivity contribution in [2.75, 3.05) is 14.2 Å². The fourth-order valence-electron chi connectivity index (χ4n) is 3.97. The van der Waals surface area contributed by atoms with E-state index >= 15 is 0 Å². The average molecular weight is 521 g/mol. The molecule has 1 saturated carbocycles. The molecule has 36 heavy (non-hydrogen) atoms. The van der Waals surface area contributed by atoms with E-state index in [4.69, 9.17) is 13.8 Å². The molecule has 0 atom stereocenters. The topological polar surface area (TPSA) is 83.8 Å². The normalized spacial score (nSPS) is 13.9. The van der Waals surface area contributed by atoms with E-state index in [0.717, 1.165) is 29.2 Å². The van der Waals surface area contributed by atoms with Gasteiger partial charge in [-0.05, 0) is 48.6 Å². The molecule has 1 fully saturated rings. The second-order valence-corrected chi connectivity index (χ2v) is 10.6. The first-order chi connectivity index (χ1) is 17.2. The number of esters is 1. The van der Waals surface area contributed by atoms with Gasteiger partial charge in [0, 0.05) is 32.0 Å². The Kier molecular flexibility index (Phi) is 7.49. The largest absolute Gasteiger partial charge is 0.423 e. The van der Waals surface area contributed by atoms with E-state index in [1.165, 1.54) is 44.6 Å². The van der Waals surface area contributed by atoms with Crippen molar-refractivity contribution in [1.82, 2.24) is 4.57 Å². The average Bonchev–Trinajstić information content (AvgIpc) is 2.81. The zero-order chi connectivity index (χ0) is 26.0. The maximum Gasteiger partial charge on any atom is 0.346 e. The van der Waals surface area contributed by atoms with Crippen molar-refractivity contribution < 1.29 is 36.3 Å². The van der Waals surface area contributed by atoms with Gasteiger partial charge in [0.15, 0.2) is 11.6 Å². The summed E-state index contributed by atoms with van der Waals surface area (Å²) in [6.45, 7) is 0. The lowest BCUT2D eigenvalue weighted by molar-refractivity contribution is 0.0729. The van der Waals surface area contributed by atoms with Gasteiger partial charge in [0.05, 0.1) is 17.4 Å². The van der Waals surface area contributed by atoms with Crippen LogP contribution in [0.4, 0.5) is 13.2 Å². The number of hydrogen-bond acceptors (Lipinski definition) is 6. The Bertz CT molecular complexity index is 1410. The second kappa shape index (κ2) is 10.4. The summed E-state index contributed by atoms with van der Waals surface area (Å²) in [5.74, 6) is -4.54. The third-order valence-electron chi connectivity index (χ3n) is 6.12. The van der Waals surface area contributed by atoms with Crippen molar-refractivity contribution in [3.05, 3.63) is 93.2 Å². The molecule has 1 aliphatic rings. The fraction of sp³-hybridized carbons (Fsp3) is 0.280. The van der Waals surface area contributed by atoms with Crippen LogP contribution in [0.2, 0.25) is 0 Å². The predicted octanol–water partition coefficient (Wildman–Crippen LogP) is 5.73. The molecule has 0 unspecified atom stereocenters. The summed E-state index contributed by atoms with van der Waals surface area (Å²) in [5, 5.41) is 0. The fourth-order valence-corrected chi connectivity index (χ4v) is 5.02. The number of carbonyl (C=O) groups is 1. The summed E-state index contributed by atoms with van der Waals surface area (Å²) in [4.78, 5) is 25.8. The molecule has 0 saturated heterocycles. The first-order valence-electron chi connectivity index (χ1n) is 11.1. The lowest BCUT2D eigenvalue weighted by Gasteiger charge is -2.29. The first kappa shape index (κ1) is 25.9. The monoisotopic (exact) mass is 521 g/mol. The molecule has 1 aliphatic carbocycles. The molecule has 2 aromatic carbocycles. The van der Waals surface area contributed by atoms with Gasteiger partial charge in [0.25, 0.3) is 5.56 Å². The Morgan fingerprint density at radius 2 is 1.75 bits per heavy atom. The van der Waals surface area contributed by atoms with E-state index in [1.54, 1.807) is 0 Å². The quantitative estimate of drug-likeness (QED) is 0.278. The van der Waals surface area contributed by atoms with Crippen molar-refractivity contribution in [3.8, 4) is 11.4 Å². The molecule has 11 heteroatoms. The minimum absolute atomic E-state index is 0.128. The summed E-state index contributed by atoms with van der Waals surface area (Å²) in [6, 6.07) is 9.40. The number of carbonyl (C=O) groups excluding carboxylic acids is 1. The number of ether oxygens (including phenoxy) is 1. The van der Waals surface area contributed by atoms with Gasteiger partial charge in [-0.1, -0.05) is 18.6 Å². The molecule has 0 amide bonds. The molecule has 0 bridgehead atoms. The highest BCUT2D eigenvalue weighted by atomic mass is 31.2. The molecular formula is C25H23F3NO6P. The van der Waals surface area contributed by atoms with Crippen LogP contribution in [0.1, 0.15) is 46.8 Å². The van der Waals surface area contributed by atoms with E-state index < -0.39 is 42.1 Å². The van der Waals surface area contributed by atoms with E-state index in [9.17, 15) is 27.3 Å². The number of nitrogens with zero attached hydrogens (tertiary/aromatic N) is 1. The van der Waals surface area contributed by atoms with Crippen LogP contribution >= 0.6 is 7.60 Å². The van der Waals surface area contributed by atoms with Crippen molar-refractivity contribution >= 4 is 13.6 Å². The summed E-state index contributed by atoms with van der Waals surface area (Å²) in [6.07, 6.45) is 2.11. The maximum atomic E-state index is 14.5. The van der Waals surface area contributed by atoms with Crippen molar-refractivity contribution in [2.45, 2.75) is 31.3 Å². The number of pyridine rings is 1. The van der Waals surface area contributed by atoms with Crippen LogP contribution in [0.3, 0.4) is 0 Å². The second-order valence-electron chi connectivity index (χ2n) is 8.33. The lowest BCUT2D eigenvalue weighted by Crippen LogP contribution is -2.27. The minimum atomic E-state index is -3.47. The van der Waals surface area contributed by atoms with E-state index in [2.05, 4.69) is 0 Å². The Balaban J connectivity index is 1.69. The molecule has 3 aromatic rings. The zero-order valence-electron chi connectivity index (χ0n) is 19.5. The van der Waals surface area contributed by atoms with Gasteiger partial charge in [-0.3, -0.25) is 13.9 Å². The molecule has 0 N–H and O–H groups in total. The summed E-state index contributed by atoms with van der Waals surface area (Å²) in [7, 11) is -1.06. The standard InChI is InChI=1S/C25H23F3NO6P/c1-33-36(32,34-2)14-15-9-10-19(26)18(11-15)25(31)35-17-12-22(16-5-3-6-16)29(23(30)13-17)21-8-4-7-20(27)24(21)28/h4,7-13,16H,3,5-6,14H2,1-2H3. The molecule has 0 spiro atoms. The molecule has 4 rings (SSSR count). The van der Waals surface area contributed by atoms with Crippen LogP contribution in [0.25, 0.3) is 5.69 Å². The predicted molar refractivity (Wildman–Crippen MR) is 125 cm³/mol. The van der Waals surface area contributed by atoms with Crippen LogP contribution in [0.5, 0.6) is 5.75 Å². The van der Waals surface area contributed by atoms with E-state index in [0.29, 0.717) is 24.1 Å². The van der Waals surface area contributed by atoms with Crippen molar-refractivity contribution in [3.63, 3.8) is 0 Å². The van der Waals surface area contributed by atoms with E-state index in [-0.39, 0.29) is 23.5 Å². The smallest absolute Gasteiger partial charge is 0.346 e. The Hall–Kier alpha value is -3.20.